The fourth-order valence-corrected chi connectivity index (χ4v) is 4.20. The molecule has 0 radical (unpaired) electrons. The number of benzene rings is 2. The van der Waals surface area contributed by atoms with Crippen molar-refractivity contribution in [2.24, 2.45) is 5.92 Å². The second-order valence-corrected chi connectivity index (χ2v) is 7.33. The maximum Gasteiger partial charge on any atom is 0.338 e. The highest BCUT2D eigenvalue weighted by Gasteiger charge is 2.34. The lowest BCUT2D eigenvalue weighted by Crippen LogP contribution is -2.57. The number of amides is 1. The molecule has 5 heteroatoms. The van der Waals surface area contributed by atoms with E-state index in [1.54, 1.807) is 6.07 Å². The Kier molecular flexibility index (Phi) is 4.94. The SMILES string of the molecule is COC(=O)c1ccccc1-c1ccc(C(=O)N[C@@H]2CN3CCC2CC3)cc1. The highest BCUT2D eigenvalue weighted by Crippen LogP contribution is 2.28. The second kappa shape index (κ2) is 7.53. The van der Waals surface area contributed by atoms with Gasteiger partial charge in [0.15, 0.2) is 0 Å². The molecular formula is C22H24N2O3. The van der Waals surface area contributed by atoms with Gasteiger partial charge in [-0.25, -0.2) is 4.79 Å². The summed E-state index contributed by atoms with van der Waals surface area (Å²) in [6.45, 7) is 3.28. The number of nitrogens with zero attached hydrogens (tertiary/aromatic N) is 1. The summed E-state index contributed by atoms with van der Waals surface area (Å²) in [7, 11) is 1.38. The number of carbonyl (C=O) groups is 2. The Morgan fingerprint density at radius 1 is 1.04 bits per heavy atom. The molecule has 3 saturated heterocycles. The smallest absolute Gasteiger partial charge is 0.338 e. The Hall–Kier alpha value is -2.66. The first-order valence-electron chi connectivity index (χ1n) is 9.46. The highest BCUT2D eigenvalue weighted by molar-refractivity contribution is 5.98. The van der Waals surface area contributed by atoms with E-state index >= 15 is 0 Å². The van der Waals surface area contributed by atoms with Crippen molar-refractivity contribution in [2.75, 3.05) is 26.7 Å². The van der Waals surface area contributed by atoms with Crippen LogP contribution in [0.1, 0.15) is 33.6 Å². The van der Waals surface area contributed by atoms with Crippen molar-refractivity contribution in [3.05, 3.63) is 59.7 Å². The maximum atomic E-state index is 12.7. The fourth-order valence-electron chi connectivity index (χ4n) is 4.20. The molecule has 2 aromatic rings. The largest absolute Gasteiger partial charge is 0.465 e. The van der Waals surface area contributed by atoms with E-state index < -0.39 is 0 Å². The molecule has 3 aliphatic rings. The summed E-state index contributed by atoms with van der Waals surface area (Å²) in [6.07, 6.45) is 2.35. The van der Waals surface area contributed by atoms with E-state index in [-0.39, 0.29) is 17.9 Å². The van der Waals surface area contributed by atoms with Crippen molar-refractivity contribution in [3.8, 4) is 11.1 Å². The molecule has 5 rings (SSSR count). The Balaban J connectivity index is 1.49. The molecule has 3 fully saturated rings. The van der Waals surface area contributed by atoms with Crippen LogP contribution in [0, 0.1) is 5.92 Å². The van der Waals surface area contributed by atoms with Crippen molar-refractivity contribution < 1.29 is 14.3 Å². The lowest BCUT2D eigenvalue weighted by Gasteiger charge is -2.44. The number of nitrogens with one attached hydrogen (secondary N) is 1. The van der Waals surface area contributed by atoms with Gasteiger partial charge in [0.25, 0.3) is 5.91 Å². The normalized spacial score (nSPS) is 23.7. The number of methoxy groups -OCH3 is 1. The first-order chi connectivity index (χ1) is 13.2. The zero-order valence-corrected chi connectivity index (χ0v) is 15.5. The Labute approximate surface area is 159 Å². The van der Waals surface area contributed by atoms with Gasteiger partial charge in [0.2, 0.25) is 0 Å². The second-order valence-electron chi connectivity index (χ2n) is 7.33. The molecule has 3 aliphatic heterocycles. The fraction of sp³-hybridized carbons (Fsp3) is 0.364. The quantitative estimate of drug-likeness (QED) is 0.848. The Morgan fingerprint density at radius 2 is 1.74 bits per heavy atom. The van der Waals surface area contributed by atoms with Crippen LogP contribution in [0.5, 0.6) is 0 Å². The van der Waals surface area contributed by atoms with Crippen LogP contribution in [-0.2, 0) is 4.74 Å². The third-order valence-electron chi connectivity index (χ3n) is 5.76. The van der Waals surface area contributed by atoms with E-state index in [1.807, 2.05) is 42.5 Å². The number of esters is 1. The van der Waals surface area contributed by atoms with E-state index in [4.69, 9.17) is 4.74 Å². The van der Waals surface area contributed by atoms with Crippen LogP contribution in [0.3, 0.4) is 0 Å². The zero-order valence-electron chi connectivity index (χ0n) is 15.5. The van der Waals surface area contributed by atoms with Gasteiger partial charge in [0.1, 0.15) is 0 Å². The topological polar surface area (TPSA) is 58.6 Å². The van der Waals surface area contributed by atoms with Gasteiger partial charge in [0, 0.05) is 18.2 Å². The molecule has 0 spiro atoms. The number of hydrogen-bond acceptors (Lipinski definition) is 4. The van der Waals surface area contributed by atoms with Crippen LogP contribution in [0.15, 0.2) is 48.5 Å². The van der Waals surface area contributed by atoms with E-state index in [9.17, 15) is 9.59 Å². The van der Waals surface area contributed by atoms with Gasteiger partial charge in [-0.1, -0.05) is 30.3 Å². The van der Waals surface area contributed by atoms with Gasteiger partial charge >= 0.3 is 5.97 Å². The molecule has 1 amide bonds. The first-order valence-corrected chi connectivity index (χ1v) is 9.46. The van der Waals surface area contributed by atoms with Crippen LogP contribution < -0.4 is 5.32 Å². The lowest BCUT2D eigenvalue weighted by atomic mass is 9.84. The van der Waals surface area contributed by atoms with E-state index in [1.165, 1.54) is 20.0 Å². The third-order valence-corrected chi connectivity index (χ3v) is 5.76. The van der Waals surface area contributed by atoms with Crippen LogP contribution in [0.2, 0.25) is 0 Å². The predicted octanol–water partition coefficient (Wildman–Crippen LogP) is 2.96. The number of hydrogen-bond donors (Lipinski definition) is 1. The lowest BCUT2D eigenvalue weighted by molar-refractivity contribution is 0.0600. The molecule has 2 bridgehead atoms. The van der Waals surface area contributed by atoms with Gasteiger partial charge < -0.3 is 15.0 Å². The minimum absolute atomic E-state index is 0.0263. The van der Waals surface area contributed by atoms with Gasteiger partial charge in [0.05, 0.1) is 12.7 Å². The van der Waals surface area contributed by atoms with Crippen molar-refractivity contribution in [1.82, 2.24) is 10.2 Å². The molecule has 3 heterocycles. The van der Waals surface area contributed by atoms with E-state index in [2.05, 4.69) is 10.2 Å². The van der Waals surface area contributed by atoms with Crippen molar-refractivity contribution >= 4 is 11.9 Å². The minimum atomic E-state index is -0.366. The number of fused-ring (bicyclic) bond motifs is 3. The van der Waals surface area contributed by atoms with Gasteiger partial charge in [-0.05, 0) is 61.2 Å². The highest BCUT2D eigenvalue weighted by atomic mass is 16.5. The molecule has 140 valence electrons. The summed E-state index contributed by atoms with van der Waals surface area (Å²) in [5, 5.41) is 3.21. The molecule has 0 aliphatic carbocycles. The summed E-state index contributed by atoms with van der Waals surface area (Å²) >= 11 is 0. The molecule has 1 N–H and O–H groups in total. The molecule has 27 heavy (non-hydrogen) atoms. The van der Waals surface area contributed by atoms with Crippen LogP contribution >= 0.6 is 0 Å². The molecule has 1 atom stereocenters. The summed E-state index contributed by atoms with van der Waals surface area (Å²) in [5.74, 6) is 0.210. The van der Waals surface area contributed by atoms with Crippen LogP contribution in [0.25, 0.3) is 11.1 Å². The van der Waals surface area contributed by atoms with Gasteiger partial charge in [-0.3, -0.25) is 4.79 Å². The monoisotopic (exact) mass is 364 g/mol. The minimum Gasteiger partial charge on any atom is -0.465 e. The summed E-state index contributed by atoms with van der Waals surface area (Å²) in [4.78, 5) is 27.1. The van der Waals surface area contributed by atoms with Crippen LogP contribution in [-0.4, -0.2) is 49.6 Å². The van der Waals surface area contributed by atoms with E-state index in [0.717, 1.165) is 30.8 Å². The molecule has 0 aromatic heterocycles. The number of rotatable bonds is 4. The third kappa shape index (κ3) is 3.60. The number of carbonyl (C=O) groups excluding carboxylic acids is 2. The number of ether oxygens (including phenoxy) is 1. The maximum absolute atomic E-state index is 12.7. The zero-order chi connectivity index (χ0) is 18.8. The van der Waals surface area contributed by atoms with E-state index in [0.29, 0.717) is 17.0 Å². The van der Waals surface area contributed by atoms with Gasteiger partial charge in [-0.15, -0.1) is 0 Å². The predicted molar refractivity (Wildman–Crippen MR) is 104 cm³/mol. The summed E-state index contributed by atoms with van der Waals surface area (Å²) in [5.41, 5.74) is 2.85. The molecule has 5 nitrogen and oxygen atoms in total. The average Bonchev–Trinajstić information content (AvgIpc) is 2.74. The van der Waals surface area contributed by atoms with Gasteiger partial charge in [-0.2, -0.15) is 0 Å². The van der Waals surface area contributed by atoms with Crippen molar-refractivity contribution in [1.29, 1.82) is 0 Å². The molecular weight excluding hydrogens is 340 g/mol. The van der Waals surface area contributed by atoms with Crippen molar-refractivity contribution in [2.45, 2.75) is 18.9 Å². The molecule has 2 aromatic carbocycles. The first kappa shape index (κ1) is 17.7. The molecule has 0 unspecified atom stereocenters. The van der Waals surface area contributed by atoms with Crippen LogP contribution in [0.4, 0.5) is 0 Å². The summed E-state index contributed by atoms with van der Waals surface area (Å²) < 4.78 is 4.86. The number of piperidine rings is 3. The van der Waals surface area contributed by atoms with Crippen molar-refractivity contribution in [3.63, 3.8) is 0 Å². The standard InChI is InChI=1S/C22H24N2O3/c1-27-22(26)19-5-3-2-4-18(19)15-6-8-17(9-7-15)21(25)23-20-14-24-12-10-16(20)11-13-24/h2-9,16,20H,10-14H2,1H3,(H,23,25)/t20-/m1/s1. The Morgan fingerprint density at radius 3 is 2.37 bits per heavy atom. The average molecular weight is 364 g/mol. The molecule has 0 saturated carbocycles. The Bertz CT molecular complexity index is 839. The summed E-state index contributed by atoms with van der Waals surface area (Å²) in [6, 6.07) is 15.0.